The second-order valence-corrected chi connectivity index (χ2v) is 22.0. The highest BCUT2D eigenvalue weighted by Crippen LogP contribution is 2.70. The van der Waals surface area contributed by atoms with E-state index in [9.17, 15) is 68.4 Å². The number of imidazole rings is 1. The monoisotopic (exact) mass is 990 g/mol. The molecule has 2 aliphatic carbocycles. The zero-order chi connectivity index (χ0) is 47.4. The highest BCUT2D eigenvalue weighted by Gasteiger charge is 2.63. The fraction of sp³-hybridized carbons (Fsp3) is 0.706. The van der Waals surface area contributed by atoms with Gasteiger partial charge < -0.3 is 31.3 Å². The van der Waals surface area contributed by atoms with Gasteiger partial charge in [0.1, 0.15) is 54.9 Å². The van der Waals surface area contributed by atoms with Gasteiger partial charge in [0, 0.05) is 61.3 Å². The maximum atomic E-state index is 12.7. The molecule has 358 valence electrons. The van der Waals surface area contributed by atoms with Crippen LogP contribution in [-0.4, -0.2) is 149 Å². The minimum Gasteiger partial charge on any atom is -0.385 e. The molecule has 3 heterocycles. The van der Waals surface area contributed by atoms with Crippen LogP contribution >= 0.6 is 36.3 Å². The Bertz CT molecular complexity index is 2030. The van der Waals surface area contributed by atoms with Crippen LogP contribution in [0, 0.1) is 22.7 Å². The maximum absolute atomic E-state index is 12.7. The summed E-state index contributed by atoms with van der Waals surface area (Å²) in [6, 6.07) is 0. The zero-order valence-corrected chi connectivity index (χ0v) is 38.4. The van der Waals surface area contributed by atoms with E-state index in [4.69, 9.17) is 24.0 Å². The fourth-order valence-electron chi connectivity index (χ4n) is 7.88. The van der Waals surface area contributed by atoms with Crippen molar-refractivity contribution in [2.45, 2.75) is 96.4 Å². The lowest BCUT2D eigenvalue weighted by atomic mass is 9.62. The van der Waals surface area contributed by atoms with Crippen molar-refractivity contribution in [3.8, 4) is 0 Å². The van der Waals surface area contributed by atoms with E-state index in [0.717, 1.165) is 29.0 Å². The molecule has 0 bridgehead atoms. The Morgan fingerprint density at radius 2 is 1.73 bits per heavy atom. The Labute approximate surface area is 371 Å². The number of aliphatic hydroxyl groups excluding tert-OH is 2. The van der Waals surface area contributed by atoms with Crippen molar-refractivity contribution >= 4 is 81.8 Å². The second-order valence-electron chi connectivity index (χ2n) is 16.5. The summed E-state index contributed by atoms with van der Waals surface area (Å²) in [7, 11) is -15.5. The van der Waals surface area contributed by atoms with Crippen molar-refractivity contribution in [2.24, 2.45) is 22.7 Å². The van der Waals surface area contributed by atoms with Crippen molar-refractivity contribution in [3.63, 3.8) is 0 Å². The number of hydrogen-bond acceptors (Lipinski definition) is 24. The van der Waals surface area contributed by atoms with E-state index in [-0.39, 0.29) is 77.2 Å². The molecule has 13 N–H and O–H groups in total. The van der Waals surface area contributed by atoms with Gasteiger partial charge in [-0.25, -0.2) is 15.0 Å². The molecular weight excluding hydrogens is 935 g/mol. The molecule has 3 aliphatic rings. The van der Waals surface area contributed by atoms with Crippen molar-refractivity contribution in [1.29, 1.82) is 0 Å². The van der Waals surface area contributed by atoms with Crippen LogP contribution in [0.5, 0.6) is 0 Å². The normalized spacial score (nSPS) is 26.0. The highest BCUT2D eigenvalue weighted by atomic mass is 32.2. The number of ketones is 2. The topological polar surface area (TPSA) is 407 Å². The Balaban J connectivity index is 1.00. The third-order valence-electron chi connectivity index (χ3n) is 11.4. The molecule has 2 saturated carbocycles. The van der Waals surface area contributed by atoms with Gasteiger partial charge in [0.2, 0.25) is 11.8 Å². The number of amides is 2. The number of nitrogen functional groups attached to an aromatic ring is 1. The van der Waals surface area contributed by atoms with Crippen molar-refractivity contribution < 1.29 is 91.1 Å². The van der Waals surface area contributed by atoms with E-state index in [2.05, 4.69) is 29.9 Å². The average molecular weight is 991 g/mol. The molecule has 0 radical (unpaired) electrons. The van der Waals surface area contributed by atoms with Gasteiger partial charge in [-0.15, -0.1) is 13.6 Å². The lowest BCUT2D eigenvalue weighted by Crippen LogP contribution is -2.46. The lowest BCUT2D eigenvalue weighted by molar-refractivity contribution is -0.138. The largest absolute Gasteiger partial charge is 0.620 e. The van der Waals surface area contributed by atoms with E-state index >= 15 is 0 Å². The van der Waals surface area contributed by atoms with Crippen LogP contribution < -0.4 is 16.4 Å². The number of ether oxygens (including phenoxy) is 1. The number of nitrogens with zero attached hydrogens (tertiary/aromatic N) is 4. The minimum atomic E-state index is -5.27. The second kappa shape index (κ2) is 21.1. The first-order valence-electron chi connectivity index (χ1n) is 19.9. The van der Waals surface area contributed by atoms with Gasteiger partial charge in [0.25, 0.3) is 0 Å². The summed E-state index contributed by atoms with van der Waals surface area (Å²) >= 11 is 1.02. The summed E-state index contributed by atoms with van der Waals surface area (Å²) in [4.78, 5) is 145. The summed E-state index contributed by atoms with van der Waals surface area (Å²) in [5.74, 6) is -1.25. The molecule has 2 aromatic rings. The van der Waals surface area contributed by atoms with E-state index < -0.39 is 91.0 Å². The molecule has 0 aromatic carbocycles. The van der Waals surface area contributed by atoms with E-state index in [0.29, 0.717) is 32.1 Å². The van der Waals surface area contributed by atoms with Gasteiger partial charge in [0.05, 0.1) is 10.6 Å². The molecule has 3 fully saturated rings. The number of Topliss-reactive ketones (excluding diaryl/α,β-unsaturated/α-hetero) is 2. The van der Waals surface area contributed by atoms with E-state index in [1.54, 1.807) is 0 Å². The number of hydrogen-bond donors (Lipinski definition) is 12. The number of rotatable bonds is 22. The number of thioether (sulfide) groups is 1. The smallest absolute Gasteiger partial charge is 0.385 e. The number of anilines is 1. The molecule has 5 rings (SSSR count). The van der Waals surface area contributed by atoms with Crippen LogP contribution in [0.4, 0.5) is 5.82 Å². The van der Waals surface area contributed by atoms with Gasteiger partial charge in [-0.05, 0) is 25.2 Å². The van der Waals surface area contributed by atoms with Crippen LogP contribution in [0.15, 0.2) is 12.7 Å². The molecule has 0 unspecified atom stereocenters. The van der Waals surface area contributed by atoms with Crippen LogP contribution in [0.2, 0.25) is 0 Å². The molecule has 8 atom stereocenters. The fourth-order valence-corrected chi connectivity index (χ4v) is 11.5. The number of fused-ring (bicyclic) bond motifs is 2. The summed E-state index contributed by atoms with van der Waals surface area (Å²) in [5.41, 5.74) is 3.88. The molecule has 1 saturated heterocycles. The molecule has 2 amide bonds. The van der Waals surface area contributed by atoms with E-state index in [1.807, 2.05) is 6.92 Å². The first-order chi connectivity index (χ1) is 29.7. The van der Waals surface area contributed by atoms with Gasteiger partial charge in [-0.1, -0.05) is 32.5 Å². The van der Waals surface area contributed by atoms with Crippen LogP contribution in [-0.2, 0) is 46.6 Å². The number of aliphatic hydroxyl groups is 2. The lowest BCUT2D eigenvalue weighted by Gasteiger charge is -2.39. The van der Waals surface area contributed by atoms with Crippen LogP contribution in [0.3, 0.4) is 0 Å². The summed E-state index contributed by atoms with van der Waals surface area (Å²) in [5, 5.41) is 26.5. The molecular formula is C34H55N7O19P3S+3. The average Bonchev–Trinajstić information content (AvgIpc) is 3.86. The zero-order valence-electron chi connectivity index (χ0n) is 34.9. The number of nitrogens with two attached hydrogens (primary N) is 1. The van der Waals surface area contributed by atoms with Gasteiger partial charge >= 0.3 is 24.5 Å². The molecule has 26 nitrogen and oxygen atoms in total. The van der Waals surface area contributed by atoms with Crippen molar-refractivity contribution in [2.75, 3.05) is 37.8 Å². The predicted molar refractivity (Wildman–Crippen MR) is 224 cm³/mol. The SMILES string of the molecule is CC(C)(CO[P+](O)(O)O[P+](O)(O)OC[C@H]1O[C@@H](n2cnc3c(N)ncnc32)[C@H](O)[C@@H]1O[P+](O)(O)O)[C@@H](O)C(=O)NCCC(=O)NCCSC(=O)CC[C@@H]1C(=O)CC[C@]2(C)C(=O)CC[C@@H]12. The molecule has 2 aromatic heterocycles. The Kier molecular flexibility index (Phi) is 17.3. The Hall–Kier alpha value is -2.62. The number of carbonyl (C=O) groups is 5. The van der Waals surface area contributed by atoms with Crippen molar-refractivity contribution in [1.82, 2.24) is 30.2 Å². The van der Waals surface area contributed by atoms with Crippen LogP contribution in [0.25, 0.3) is 11.2 Å². The number of nitrogens with one attached hydrogen (secondary N) is 2. The molecule has 64 heavy (non-hydrogen) atoms. The Morgan fingerprint density at radius 3 is 2.44 bits per heavy atom. The third-order valence-corrected chi connectivity index (χ3v) is 15.5. The molecule has 0 spiro atoms. The maximum Gasteiger partial charge on any atom is 0.620 e. The predicted octanol–water partition coefficient (Wildman–Crippen LogP) is -0.905. The van der Waals surface area contributed by atoms with Crippen LogP contribution in [0.1, 0.15) is 71.9 Å². The summed E-state index contributed by atoms with van der Waals surface area (Å²) in [6.45, 7) is 2.58. The quantitative estimate of drug-likeness (QED) is 0.0502. The third kappa shape index (κ3) is 13.3. The van der Waals surface area contributed by atoms with Gasteiger partial charge in [-0.2, -0.15) is 34.3 Å². The molecule has 1 aliphatic heterocycles. The Morgan fingerprint density at radius 1 is 1.03 bits per heavy atom. The first kappa shape index (κ1) is 52.4. The summed E-state index contributed by atoms with van der Waals surface area (Å²) < 4.78 is 26.0. The molecule has 30 heteroatoms. The van der Waals surface area contributed by atoms with Gasteiger partial charge in [-0.3, -0.25) is 28.5 Å². The standard InChI is InChI=1S/C34H53N7O19P3S/c1-33(2,28(47)31(48)37-11-9-23(44)36-12-13-64-24(45)7-4-18-19-5-6-22(43)34(19,3)10-8-20(18)42)15-57-63(54,55)60-62(52,53)56-14-21-27(59-61(49,50)51)26(46)32(58-21)41-17-40-25-29(35)38-16-39-30(25)41/h16-19,21,26-28,32,46-47,49-55H,4-15H2,1-3H3,(H2-2,35,36,37,38,39,44,48)/q+1/p+2/t18-,19-,21+,26+,27+,28-,32+,34-/m0/s1. The first-order valence-corrected chi connectivity index (χ1v) is 25.5. The van der Waals surface area contributed by atoms with E-state index in [1.165, 1.54) is 13.8 Å². The number of carbonyl (C=O) groups excluding carboxylic acids is 5. The highest BCUT2D eigenvalue weighted by molar-refractivity contribution is 8.13. The van der Waals surface area contributed by atoms with Crippen molar-refractivity contribution in [3.05, 3.63) is 12.7 Å². The number of aromatic nitrogens is 4. The van der Waals surface area contributed by atoms with Gasteiger partial charge in [0.15, 0.2) is 28.9 Å². The minimum absolute atomic E-state index is 0.0256. The summed E-state index contributed by atoms with van der Waals surface area (Å²) in [6.07, 6.45) is -4.01.